The van der Waals surface area contributed by atoms with Gasteiger partial charge < -0.3 is 25.4 Å². The Balaban J connectivity index is 1.64. The van der Waals surface area contributed by atoms with E-state index in [4.69, 9.17) is 4.74 Å². The fourth-order valence-corrected chi connectivity index (χ4v) is 4.26. The molecule has 0 spiro atoms. The first-order chi connectivity index (χ1) is 17.3. The maximum Gasteiger partial charge on any atom is 0.308 e. The van der Waals surface area contributed by atoms with E-state index >= 15 is 0 Å². The second-order valence-electron chi connectivity index (χ2n) is 8.54. The molecule has 0 saturated carbocycles. The molecule has 1 fully saturated rings. The van der Waals surface area contributed by atoms with E-state index in [1.54, 1.807) is 61.5 Å². The quantitative estimate of drug-likeness (QED) is 0.479. The van der Waals surface area contributed by atoms with Gasteiger partial charge in [0, 0.05) is 5.56 Å². The zero-order valence-electron chi connectivity index (χ0n) is 19.5. The molecule has 2 aliphatic rings. The highest BCUT2D eigenvalue weighted by Gasteiger charge is 2.38. The Kier molecular flexibility index (Phi) is 7.30. The van der Waals surface area contributed by atoms with E-state index in [1.807, 2.05) is 0 Å². The third-order valence-electron chi connectivity index (χ3n) is 6.09. The van der Waals surface area contributed by atoms with Crippen LogP contribution in [-0.2, 0) is 23.9 Å². The zero-order valence-corrected chi connectivity index (χ0v) is 19.5. The number of carbonyl (C=O) groups is 5. The number of esters is 1. The van der Waals surface area contributed by atoms with Crippen LogP contribution in [0, 0.1) is 0 Å². The van der Waals surface area contributed by atoms with Gasteiger partial charge in [0.15, 0.2) is 0 Å². The topological polar surface area (TPSA) is 145 Å². The fraction of sp³-hybridized carbons (Fsp3) is 0.320. The van der Waals surface area contributed by atoms with Gasteiger partial charge in [-0.15, -0.1) is 0 Å². The lowest BCUT2D eigenvalue weighted by molar-refractivity contribution is -0.141. The van der Waals surface area contributed by atoms with Crippen LogP contribution in [-0.4, -0.2) is 72.6 Å². The van der Waals surface area contributed by atoms with Crippen molar-refractivity contribution in [3.63, 3.8) is 0 Å². The van der Waals surface area contributed by atoms with Crippen molar-refractivity contribution < 1.29 is 33.8 Å². The molecular weight excluding hydrogens is 468 g/mol. The minimum Gasteiger partial charge on any atom is -0.460 e. The molecule has 0 radical (unpaired) electrons. The average Bonchev–Trinajstić information content (AvgIpc) is 3.14. The van der Waals surface area contributed by atoms with Gasteiger partial charge >= 0.3 is 5.97 Å². The molecular formula is C25H26N4O7. The SMILES string of the molecule is C[C@@H]1OC(=O)C[C@@H]1NC(=O)CN1C(=O)[C@@H](NC(=O)c2ccccc2)CN(C(=O)CO)c2ccccc21. The third-order valence-corrected chi connectivity index (χ3v) is 6.09. The van der Waals surface area contributed by atoms with Gasteiger partial charge in [0.2, 0.25) is 5.91 Å². The number of carbonyl (C=O) groups excluding carboxylic acids is 5. The Morgan fingerprint density at radius 2 is 1.67 bits per heavy atom. The van der Waals surface area contributed by atoms with Crippen molar-refractivity contribution in [2.75, 3.05) is 29.5 Å². The summed E-state index contributed by atoms with van der Waals surface area (Å²) in [5.41, 5.74) is 0.890. The van der Waals surface area contributed by atoms with E-state index in [0.29, 0.717) is 11.3 Å². The largest absolute Gasteiger partial charge is 0.460 e. The van der Waals surface area contributed by atoms with Crippen molar-refractivity contribution in [3.8, 4) is 0 Å². The number of ether oxygens (including phenoxy) is 1. The number of hydrogen-bond donors (Lipinski definition) is 3. The molecule has 1 saturated heterocycles. The Morgan fingerprint density at radius 1 is 1.00 bits per heavy atom. The molecule has 0 unspecified atom stereocenters. The van der Waals surface area contributed by atoms with E-state index in [0.717, 1.165) is 0 Å². The molecule has 3 atom stereocenters. The molecule has 11 heteroatoms. The zero-order chi connectivity index (χ0) is 25.8. The molecule has 3 N–H and O–H groups in total. The summed E-state index contributed by atoms with van der Waals surface area (Å²) < 4.78 is 5.07. The molecule has 188 valence electrons. The summed E-state index contributed by atoms with van der Waals surface area (Å²) in [6, 6.07) is 13.0. The molecule has 11 nitrogen and oxygen atoms in total. The summed E-state index contributed by atoms with van der Waals surface area (Å²) in [5.74, 6) is -2.77. The number of nitrogens with zero attached hydrogens (tertiary/aromatic N) is 2. The van der Waals surface area contributed by atoms with Crippen LogP contribution >= 0.6 is 0 Å². The van der Waals surface area contributed by atoms with E-state index in [1.165, 1.54) is 9.80 Å². The minimum atomic E-state index is -1.20. The first-order valence-electron chi connectivity index (χ1n) is 11.4. The summed E-state index contributed by atoms with van der Waals surface area (Å²) in [7, 11) is 0. The number of fused-ring (bicyclic) bond motifs is 1. The maximum absolute atomic E-state index is 13.7. The fourth-order valence-electron chi connectivity index (χ4n) is 4.26. The first-order valence-corrected chi connectivity index (χ1v) is 11.4. The smallest absolute Gasteiger partial charge is 0.308 e. The summed E-state index contributed by atoms with van der Waals surface area (Å²) in [5, 5.41) is 14.9. The van der Waals surface area contributed by atoms with Crippen LogP contribution in [0.25, 0.3) is 0 Å². The maximum atomic E-state index is 13.7. The molecule has 4 rings (SSSR count). The van der Waals surface area contributed by atoms with Crippen LogP contribution in [0.3, 0.4) is 0 Å². The number of amides is 4. The predicted molar refractivity (Wildman–Crippen MR) is 128 cm³/mol. The number of anilines is 2. The molecule has 0 aromatic heterocycles. The number of aliphatic hydroxyl groups is 1. The number of para-hydroxylation sites is 2. The van der Waals surface area contributed by atoms with Gasteiger partial charge in [0.05, 0.1) is 30.4 Å². The van der Waals surface area contributed by atoms with E-state index in [-0.39, 0.29) is 18.7 Å². The summed E-state index contributed by atoms with van der Waals surface area (Å²) in [6.45, 7) is 0.186. The van der Waals surface area contributed by atoms with Crippen molar-refractivity contribution in [1.82, 2.24) is 10.6 Å². The lowest BCUT2D eigenvalue weighted by Gasteiger charge is -2.26. The summed E-state index contributed by atoms with van der Waals surface area (Å²) in [6.07, 6.45) is -0.490. The molecule has 2 aromatic rings. The highest BCUT2D eigenvalue weighted by atomic mass is 16.6. The number of cyclic esters (lactones) is 1. The highest BCUT2D eigenvalue weighted by molar-refractivity contribution is 6.11. The van der Waals surface area contributed by atoms with Gasteiger partial charge in [0.1, 0.15) is 25.3 Å². The second kappa shape index (κ2) is 10.6. The summed E-state index contributed by atoms with van der Waals surface area (Å²) in [4.78, 5) is 66.0. The Bertz CT molecular complexity index is 1190. The first kappa shape index (κ1) is 24.9. The number of aliphatic hydroxyl groups excluding tert-OH is 1. The van der Waals surface area contributed by atoms with E-state index in [9.17, 15) is 29.1 Å². The normalized spacial score (nSPS) is 21.3. The standard InChI is InChI=1S/C25H26N4O7/c1-15-17(11-23(33)36-15)26-21(31)13-29-20-10-6-5-9-19(20)28(22(32)14-30)12-18(25(29)35)27-24(34)16-7-3-2-4-8-16/h2-10,15,17-18,30H,11-14H2,1H3,(H,26,31)(H,27,34)/t15-,17-,18-/m0/s1. The van der Waals surface area contributed by atoms with Gasteiger partial charge in [-0.3, -0.25) is 28.9 Å². The lowest BCUT2D eigenvalue weighted by Crippen LogP contribution is -2.55. The molecule has 2 aromatic carbocycles. The molecule has 2 aliphatic heterocycles. The van der Waals surface area contributed by atoms with Crippen LogP contribution in [0.15, 0.2) is 54.6 Å². The Morgan fingerprint density at radius 3 is 2.31 bits per heavy atom. The van der Waals surface area contributed by atoms with Gasteiger partial charge in [-0.25, -0.2) is 0 Å². The Hall–Kier alpha value is -4.25. The molecule has 0 bridgehead atoms. The molecule has 2 heterocycles. The third kappa shape index (κ3) is 5.20. The van der Waals surface area contributed by atoms with Crippen molar-refractivity contribution in [2.45, 2.75) is 31.5 Å². The summed E-state index contributed by atoms with van der Waals surface area (Å²) >= 11 is 0. The van der Waals surface area contributed by atoms with Gasteiger partial charge in [-0.05, 0) is 31.2 Å². The van der Waals surface area contributed by atoms with Crippen LogP contribution in [0.1, 0.15) is 23.7 Å². The van der Waals surface area contributed by atoms with Crippen LogP contribution in [0.5, 0.6) is 0 Å². The minimum absolute atomic E-state index is 0.0198. The van der Waals surface area contributed by atoms with Gasteiger partial charge in [-0.1, -0.05) is 30.3 Å². The van der Waals surface area contributed by atoms with Crippen molar-refractivity contribution in [1.29, 1.82) is 0 Å². The van der Waals surface area contributed by atoms with E-state index < -0.39 is 60.9 Å². The average molecular weight is 495 g/mol. The monoisotopic (exact) mass is 494 g/mol. The molecule has 0 aliphatic carbocycles. The second-order valence-corrected chi connectivity index (χ2v) is 8.54. The van der Waals surface area contributed by atoms with Crippen LogP contribution < -0.4 is 20.4 Å². The predicted octanol–water partition coefficient (Wildman–Crippen LogP) is -0.0227. The highest BCUT2D eigenvalue weighted by Crippen LogP contribution is 2.33. The van der Waals surface area contributed by atoms with Gasteiger partial charge in [0.25, 0.3) is 17.7 Å². The van der Waals surface area contributed by atoms with Crippen molar-refractivity contribution in [2.24, 2.45) is 0 Å². The van der Waals surface area contributed by atoms with Gasteiger partial charge in [-0.2, -0.15) is 0 Å². The number of nitrogens with one attached hydrogen (secondary N) is 2. The molecule has 4 amide bonds. The number of benzene rings is 2. The van der Waals surface area contributed by atoms with Crippen LogP contribution in [0.4, 0.5) is 11.4 Å². The molecule has 36 heavy (non-hydrogen) atoms. The van der Waals surface area contributed by atoms with Crippen molar-refractivity contribution >= 4 is 41.0 Å². The van der Waals surface area contributed by atoms with Crippen LogP contribution in [0.2, 0.25) is 0 Å². The Labute approximate surface area is 207 Å². The lowest BCUT2D eigenvalue weighted by atomic mass is 10.1. The van der Waals surface area contributed by atoms with Crippen molar-refractivity contribution in [3.05, 3.63) is 60.2 Å². The number of hydrogen-bond acceptors (Lipinski definition) is 7. The number of rotatable bonds is 6. The van der Waals surface area contributed by atoms with E-state index in [2.05, 4.69) is 10.6 Å².